The van der Waals surface area contributed by atoms with Gasteiger partial charge in [-0.25, -0.2) is 0 Å². The van der Waals surface area contributed by atoms with Gasteiger partial charge in [-0.05, 0) is 0 Å². The maximum absolute atomic E-state index is 9.97. The number of carbonyl (C=O) groups is 1. The van der Waals surface area contributed by atoms with E-state index in [-0.39, 0.29) is 29.6 Å². The van der Waals surface area contributed by atoms with Crippen molar-refractivity contribution in [1.29, 1.82) is 0 Å². The van der Waals surface area contributed by atoms with E-state index in [9.17, 15) is 9.90 Å². The Kier molecular flexibility index (Phi) is 5.26. The average Bonchev–Trinajstić information content (AvgIpc) is 1.31. The molecule has 0 amide bonds. The van der Waals surface area contributed by atoms with Gasteiger partial charge in [0.15, 0.2) is 0 Å². The minimum atomic E-state index is -1.93. The van der Waals surface area contributed by atoms with Crippen molar-refractivity contribution in [2.24, 2.45) is 0 Å². The van der Waals surface area contributed by atoms with Crippen LogP contribution in [0.1, 0.15) is 0 Å². The zero-order chi connectivity index (χ0) is 6.08. The van der Waals surface area contributed by atoms with E-state index >= 15 is 0 Å². The van der Waals surface area contributed by atoms with Crippen LogP contribution in [0.15, 0.2) is 0 Å². The fourth-order valence-electron chi connectivity index (χ4n) is 0. The molecule has 0 heterocycles. The molecule has 0 saturated heterocycles. The van der Waals surface area contributed by atoms with Crippen LogP contribution < -0.4 is 34.7 Å². The quantitative estimate of drug-likeness (QED) is 0.371. The first-order valence-corrected chi connectivity index (χ1v) is 5.66. The molecule has 0 aliphatic rings. The van der Waals surface area contributed by atoms with E-state index in [2.05, 4.69) is 0 Å². The Morgan fingerprint density at radius 2 is 1.50 bits per heavy atom. The van der Waals surface area contributed by atoms with Gasteiger partial charge in [-0.2, -0.15) is 0 Å². The summed E-state index contributed by atoms with van der Waals surface area (Å²) < 4.78 is 0. The van der Waals surface area contributed by atoms with Crippen LogP contribution in [0.25, 0.3) is 0 Å². The standard InChI is InChI=1S/C4H10O2Si.Na/c1-7(2,3)4(5)6;/h1-3H3,(H,5,6);/q;+1/p-1. The van der Waals surface area contributed by atoms with Crippen molar-refractivity contribution < 1.29 is 39.5 Å². The molecule has 0 saturated carbocycles. The normalized spacial score (nSPS) is 9.88. The molecule has 0 spiro atoms. The van der Waals surface area contributed by atoms with Crippen LogP contribution in [0.3, 0.4) is 0 Å². The van der Waals surface area contributed by atoms with E-state index in [0.29, 0.717) is 0 Å². The molecule has 0 N–H and O–H groups in total. The van der Waals surface area contributed by atoms with Gasteiger partial charge in [0.1, 0.15) is 0 Å². The van der Waals surface area contributed by atoms with E-state index in [4.69, 9.17) is 0 Å². The number of rotatable bonds is 1. The molecule has 0 fully saturated rings. The Bertz CT molecular complexity index is 86.5. The van der Waals surface area contributed by atoms with Gasteiger partial charge < -0.3 is 9.90 Å². The summed E-state index contributed by atoms with van der Waals surface area (Å²) in [6.07, 6.45) is 0. The molecule has 0 bridgehead atoms. The predicted octanol–water partition coefficient (Wildman–Crippen LogP) is -2.75. The third-order valence-electron chi connectivity index (χ3n) is 0.612. The maximum Gasteiger partial charge on any atom is 1.00 e. The number of hydrogen-bond donors (Lipinski definition) is 0. The van der Waals surface area contributed by atoms with Crippen molar-refractivity contribution in [1.82, 2.24) is 0 Å². The van der Waals surface area contributed by atoms with E-state index in [1.165, 1.54) is 0 Å². The Labute approximate surface area is 72.6 Å². The molecule has 42 valence electrons. The van der Waals surface area contributed by atoms with Crippen molar-refractivity contribution >= 4 is 13.7 Å². The molecule has 4 heteroatoms. The number of hydrogen-bond acceptors (Lipinski definition) is 2. The molecule has 0 rings (SSSR count). The van der Waals surface area contributed by atoms with Gasteiger partial charge in [0.05, 0.1) is 8.07 Å². The first-order chi connectivity index (χ1) is 2.94. The maximum atomic E-state index is 9.97. The van der Waals surface area contributed by atoms with E-state index in [1.807, 2.05) is 0 Å². The molecule has 0 aromatic rings. The second-order valence-electron chi connectivity index (χ2n) is 2.54. The minimum Gasteiger partial charge on any atom is -0.555 e. The molecule has 0 aliphatic heterocycles. The molecule has 0 radical (unpaired) electrons. The van der Waals surface area contributed by atoms with Crippen LogP contribution in [0, 0.1) is 0 Å². The minimum absolute atomic E-state index is 0. The van der Waals surface area contributed by atoms with Gasteiger partial charge in [0.25, 0.3) is 0 Å². The van der Waals surface area contributed by atoms with Crippen LogP contribution in [-0.2, 0) is 0 Å². The third kappa shape index (κ3) is 4.84. The summed E-state index contributed by atoms with van der Waals surface area (Å²) in [4.78, 5) is 9.97. The molecular formula is C4H9NaO2Si. The van der Waals surface area contributed by atoms with Crippen molar-refractivity contribution in [3.63, 3.8) is 0 Å². The van der Waals surface area contributed by atoms with Gasteiger partial charge in [0.2, 0.25) is 0 Å². The predicted molar refractivity (Wildman–Crippen MR) is 28.7 cm³/mol. The molecular weight excluding hydrogens is 131 g/mol. The first-order valence-electron chi connectivity index (χ1n) is 2.16. The zero-order valence-corrected chi connectivity index (χ0v) is 8.82. The SMILES string of the molecule is C[Si](C)(C)C(=O)[O-].[Na+]. The second-order valence-corrected chi connectivity index (χ2v) is 7.45. The Balaban J connectivity index is 0. The summed E-state index contributed by atoms with van der Waals surface area (Å²) in [7, 11) is -1.93. The Morgan fingerprint density at radius 1 is 1.38 bits per heavy atom. The van der Waals surface area contributed by atoms with Gasteiger partial charge in [-0.15, -0.1) is 0 Å². The Morgan fingerprint density at radius 3 is 1.50 bits per heavy atom. The van der Waals surface area contributed by atoms with Crippen molar-refractivity contribution in [2.75, 3.05) is 0 Å². The van der Waals surface area contributed by atoms with Crippen molar-refractivity contribution in [3.8, 4) is 0 Å². The third-order valence-corrected chi connectivity index (χ3v) is 1.84. The summed E-state index contributed by atoms with van der Waals surface area (Å²) in [6.45, 7) is 5.22. The van der Waals surface area contributed by atoms with E-state index in [1.54, 1.807) is 19.6 Å². The van der Waals surface area contributed by atoms with Gasteiger partial charge in [-0.1, -0.05) is 19.6 Å². The van der Waals surface area contributed by atoms with E-state index in [0.717, 1.165) is 0 Å². The largest absolute Gasteiger partial charge is 1.00 e. The van der Waals surface area contributed by atoms with Gasteiger partial charge >= 0.3 is 29.6 Å². The van der Waals surface area contributed by atoms with Gasteiger partial charge in [-0.3, -0.25) is 0 Å². The fourth-order valence-corrected chi connectivity index (χ4v) is 0. The summed E-state index contributed by atoms with van der Waals surface area (Å²) in [5, 5.41) is 9.97. The average molecular weight is 140 g/mol. The Hall–Kier alpha value is 0.687. The van der Waals surface area contributed by atoms with Crippen molar-refractivity contribution in [2.45, 2.75) is 19.6 Å². The fraction of sp³-hybridized carbons (Fsp3) is 0.750. The molecule has 0 aromatic carbocycles. The molecule has 2 nitrogen and oxygen atoms in total. The molecule has 0 aliphatic carbocycles. The summed E-state index contributed by atoms with van der Waals surface area (Å²) in [5.41, 5.74) is -0.868. The van der Waals surface area contributed by atoms with Gasteiger partial charge in [0, 0.05) is 5.59 Å². The van der Waals surface area contributed by atoms with Crippen LogP contribution in [0.4, 0.5) is 4.79 Å². The molecule has 0 aromatic heterocycles. The summed E-state index contributed by atoms with van der Waals surface area (Å²) in [5.74, 6) is 0. The topological polar surface area (TPSA) is 40.1 Å². The summed E-state index contributed by atoms with van der Waals surface area (Å²) >= 11 is 0. The molecule has 0 atom stereocenters. The zero-order valence-electron chi connectivity index (χ0n) is 5.82. The van der Waals surface area contributed by atoms with E-state index < -0.39 is 13.7 Å². The van der Waals surface area contributed by atoms with Crippen molar-refractivity contribution in [3.05, 3.63) is 0 Å². The number of carbonyl (C=O) groups excluding carboxylic acids is 1. The second kappa shape index (κ2) is 3.66. The molecule has 8 heavy (non-hydrogen) atoms. The smallest absolute Gasteiger partial charge is 0.555 e. The monoisotopic (exact) mass is 140 g/mol. The summed E-state index contributed by atoms with van der Waals surface area (Å²) in [6, 6.07) is 0. The van der Waals surface area contributed by atoms with Crippen LogP contribution >= 0.6 is 0 Å². The molecule has 0 unspecified atom stereocenters. The first kappa shape index (κ1) is 11.5. The van der Waals surface area contributed by atoms with Crippen LogP contribution in [0.2, 0.25) is 19.6 Å². The van der Waals surface area contributed by atoms with Crippen LogP contribution in [-0.4, -0.2) is 13.7 Å². The number of carboxylic acid groups (broad SMARTS) is 1. The van der Waals surface area contributed by atoms with Crippen LogP contribution in [0.5, 0.6) is 0 Å².